The van der Waals surface area contributed by atoms with E-state index in [0.29, 0.717) is 6.54 Å². The molecule has 0 atom stereocenters. The fourth-order valence-electron chi connectivity index (χ4n) is 1.91. The summed E-state index contributed by atoms with van der Waals surface area (Å²) in [5, 5.41) is 13.8. The van der Waals surface area contributed by atoms with Gasteiger partial charge in [-0.05, 0) is 25.5 Å². The zero-order valence-electron chi connectivity index (χ0n) is 11.9. The SMILES string of the molecule is CNc1ccc([N+](=O)[O-])cc1CN(CC(N)=O)C(C)C. The van der Waals surface area contributed by atoms with E-state index in [4.69, 9.17) is 5.73 Å². The van der Waals surface area contributed by atoms with E-state index < -0.39 is 10.8 Å². The second kappa shape index (κ2) is 6.85. The minimum atomic E-state index is -0.434. The second-order valence-corrected chi connectivity index (χ2v) is 4.81. The van der Waals surface area contributed by atoms with Crippen LogP contribution in [0.15, 0.2) is 18.2 Å². The van der Waals surface area contributed by atoms with Crippen LogP contribution in [0, 0.1) is 10.1 Å². The van der Waals surface area contributed by atoms with Crippen LogP contribution in [0.5, 0.6) is 0 Å². The zero-order valence-corrected chi connectivity index (χ0v) is 11.9. The summed E-state index contributed by atoms with van der Waals surface area (Å²) < 4.78 is 0. The molecular formula is C13H20N4O3. The van der Waals surface area contributed by atoms with Gasteiger partial charge in [0.25, 0.3) is 5.69 Å². The molecule has 0 saturated carbocycles. The molecule has 0 radical (unpaired) electrons. The number of benzene rings is 1. The van der Waals surface area contributed by atoms with E-state index in [-0.39, 0.29) is 18.3 Å². The number of amides is 1. The number of nitrogens with one attached hydrogen (secondary N) is 1. The summed E-state index contributed by atoms with van der Waals surface area (Å²) in [5.41, 5.74) is 6.82. The molecule has 7 nitrogen and oxygen atoms in total. The van der Waals surface area contributed by atoms with Gasteiger partial charge in [0.15, 0.2) is 0 Å². The highest BCUT2D eigenvalue weighted by atomic mass is 16.6. The number of non-ortho nitro benzene ring substituents is 1. The molecular weight excluding hydrogens is 260 g/mol. The number of nitrogens with zero attached hydrogens (tertiary/aromatic N) is 2. The Bertz CT molecular complexity index is 502. The normalized spacial score (nSPS) is 10.8. The van der Waals surface area contributed by atoms with Gasteiger partial charge in [0.1, 0.15) is 0 Å². The molecule has 0 aliphatic rings. The van der Waals surface area contributed by atoms with Crippen LogP contribution in [-0.2, 0) is 11.3 Å². The highest BCUT2D eigenvalue weighted by Gasteiger charge is 2.17. The van der Waals surface area contributed by atoms with Crippen molar-refractivity contribution in [1.29, 1.82) is 0 Å². The van der Waals surface area contributed by atoms with Gasteiger partial charge in [-0.3, -0.25) is 19.8 Å². The Labute approximate surface area is 117 Å². The van der Waals surface area contributed by atoms with Crippen molar-refractivity contribution < 1.29 is 9.72 Å². The quantitative estimate of drug-likeness (QED) is 0.579. The van der Waals surface area contributed by atoms with Crippen LogP contribution < -0.4 is 11.1 Å². The first kappa shape index (κ1) is 15.9. The van der Waals surface area contributed by atoms with Crippen molar-refractivity contribution in [3.63, 3.8) is 0 Å². The van der Waals surface area contributed by atoms with Crippen molar-refractivity contribution in [2.75, 3.05) is 18.9 Å². The van der Waals surface area contributed by atoms with Crippen molar-refractivity contribution in [3.05, 3.63) is 33.9 Å². The lowest BCUT2D eigenvalue weighted by Gasteiger charge is -2.25. The van der Waals surface area contributed by atoms with Crippen LogP contribution in [-0.4, -0.2) is 35.4 Å². The molecule has 1 amide bonds. The van der Waals surface area contributed by atoms with Crippen LogP contribution in [0.1, 0.15) is 19.4 Å². The molecule has 0 bridgehead atoms. The molecule has 0 fully saturated rings. The Balaban J connectivity index is 3.05. The lowest BCUT2D eigenvalue weighted by molar-refractivity contribution is -0.384. The molecule has 1 rings (SSSR count). The van der Waals surface area contributed by atoms with E-state index in [1.165, 1.54) is 12.1 Å². The number of primary amides is 1. The van der Waals surface area contributed by atoms with E-state index in [9.17, 15) is 14.9 Å². The Morgan fingerprint density at radius 3 is 2.60 bits per heavy atom. The third-order valence-corrected chi connectivity index (χ3v) is 3.03. The number of nitrogens with two attached hydrogens (primary N) is 1. The van der Waals surface area contributed by atoms with Gasteiger partial charge in [-0.15, -0.1) is 0 Å². The van der Waals surface area contributed by atoms with Crippen LogP contribution >= 0.6 is 0 Å². The number of carbonyl (C=O) groups is 1. The van der Waals surface area contributed by atoms with Gasteiger partial charge in [0.2, 0.25) is 5.91 Å². The van der Waals surface area contributed by atoms with E-state index >= 15 is 0 Å². The topological polar surface area (TPSA) is 102 Å². The highest BCUT2D eigenvalue weighted by molar-refractivity contribution is 5.76. The van der Waals surface area contributed by atoms with E-state index in [1.807, 2.05) is 18.7 Å². The summed E-state index contributed by atoms with van der Waals surface area (Å²) in [6.07, 6.45) is 0. The predicted octanol–water partition coefficient (Wildman–Crippen LogP) is 1.33. The maximum absolute atomic E-state index is 11.1. The maximum atomic E-state index is 11.1. The first-order valence-electron chi connectivity index (χ1n) is 6.32. The Morgan fingerprint density at radius 2 is 2.15 bits per heavy atom. The molecule has 0 aliphatic carbocycles. The van der Waals surface area contributed by atoms with Crippen LogP contribution in [0.4, 0.5) is 11.4 Å². The summed E-state index contributed by atoms with van der Waals surface area (Å²) in [6, 6.07) is 4.73. The lowest BCUT2D eigenvalue weighted by Crippen LogP contribution is -2.38. The maximum Gasteiger partial charge on any atom is 0.269 e. The van der Waals surface area contributed by atoms with Gasteiger partial charge in [0, 0.05) is 37.5 Å². The van der Waals surface area contributed by atoms with Gasteiger partial charge in [-0.25, -0.2) is 0 Å². The van der Waals surface area contributed by atoms with Crippen LogP contribution in [0.2, 0.25) is 0 Å². The lowest BCUT2D eigenvalue weighted by atomic mass is 10.1. The molecule has 0 spiro atoms. The number of carbonyl (C=O) groups excluding carboxylic acids is 1. The summed E-state index contributed by atoms with van der Waals surface area (Å²) >= 11 is 0. The number of hydrogen-bond donors (Lipinski definition) is 2. The van der Waals surface area contributed by atoms with Crippen LogP contribution in [0.3, 0.4) is 0 Å². The first-order valence-corrected chi connectivity index (χ1v) is 6.32. The van der Waals surface area contributed by atoms with E-state index in [2.05, 4.69) is 5.32 Å². The monoisotopic (exact) mass is 280 g/mol. The fourth-order valence-corrected chi connectivity index (χ4v) is 1.91. The minimum absolute atomic E-state index is 0.0294. The van der Waals surface area contributed by atoms with Gasteiger partial charge in [0.05, 0.1) is 11.5 Å². The molecule has 20 heavy (non-hydrogen) atoms. The number of nitro groups is 1. The molecule has 3 N–H and O–H groups in total. The van der Waals surface area contributed by atoms with Gasteiger partial charge in [-0.2, -0.15) is 0 Å². The molecule has 0 saturated heterocycles. The second-order valence-electron chi connectivity index (χ2n) is 4.81. The van der Waals surface area contributed by atoms with Crippen molar-refractivity contribution in [3.8, 4) is 0 Å². The third-order valence-electron chi connectivity index (χ3n) is 3.03. The highest BCUT2D eigenvalue weighted by Crippen LogP contribution is 2.23. The standard InChI is InChI=1S/C13H20N4O3/c1-9(2)16(8-13(14)18)7-10-6-11(17(19)20)4-5-12(10)15-3/h4-6,9,15H,7-8H2,1-3H3,(H2,14,18). The third kappa shape index (κ3) is 4.20. The molecule has 0 aromatic heterocycles. The zero-order chi connectivity index (χ0) is 15.3. The molecule has 7 heteroatoms. The summed E-state index contributed by atoms with van der Waals surface area (Å²) in [6.45, 7) is 4.42. The molecule has 0 unspecified atom stereocenters. The summed E-state index contributed by atoms with van der Waals surface area (Å²) in [4.78, 5) is 23.4. The molecule has 0 aliphatic heterocycles. The van der Waals surface area contributed by atoms with Crippen molar-refractivity contribution in [2.45, 2.75) is 26.4 Å². The number of nitro benzene ring substituents is 1. The van der Waals surface area contributed by atoms with Crippen LogP contribution in [0.25, 0.3) is 0 Å². The molecule has 1 aromatic rings. The predicted molar refractivity (Wildman–Crippen MR) is 77.4 cm³/mol. The van der Waals surface area contributed by atoms with Gasteiger partial charge < -0.3 is 11.1 Å². The molecule has 0 heterocycles. The Morgan fingerprint density at radius 1 is 1.50 bits per heavy atom. The smallest absolute Gasteiger partial charge is 0.269 e. The number of hydrogen-bond acceptors (Lipinski definition) is 5. The Hall–Kier alpha value is -2.15. The molecule has 1 aromatic carbocycles. The van der Waals surface area contributed by atoms with Crippen molar-refractivity contribution in [2.24, 2.45) is 5.73 Å². The van der Waals surface area contributed by atoms with Gasteiger partial charge in [-0.1, -0.05) is 0 Å². The fraction of sp³-hybridized carbons (Fsp3) is 0.462. The van der Waals surface area contributed by atoms with Gasteiger partial charge >= 0.3 is 0 Å². The van der Waals surface area contributed by atoms with Crippen molar-refractivity contribution in [1.82, 2.24) is 4.90 Å². The number of rotatable bonds is 7. The average Bonchev–Trinajstić information content (AvgIpc) is 2.37. The number of anilines is 1. The van der Waals surface area contributed by atoms with Crippen molar-refractivity contribution >= 4 is 17.3 Å². The average molecular weight is 280 g/mol. The summed E-state index contributed by atoms with van der Waals surface area (Å²) in [5.74, 6) is -0.421. The van der Waals surface area contributed by atoms with E-state index in [1.54, 1.807) is 13.1 Å². The molecule has 110 valence electrons. The Kier molecular flexibility index (Phi) is 5.45. The largest absolute Gasteiger partial charge is 0.388 e. The minimum Gasteiger partial charge on any atom is -0.388 e. The van der Waals surface area contributed by atoms with E-state index in [0.717, 1.165) is 11.3 Å². The summed E-state index contributed by atoms with van der Waals surface area (Å²) in [7, 11) is 1.75. The first-order chi connectivity index (χ1) is 9.35.